The predicted molar refractivity (Wildman–Crippen MR) is 79.6 cm³/mol. The first-order valence-corrected chi connectivity index (χ1v) is 8.12. The summed E-state index contributed by atoms with van der Waals surface area (Å²) in [6, 6.07) is 10.6. The lowest BCUT2D eigenvalue weighted by molar-refractivity contribution is 0.592. The summed E-state index contributed by atoms with van der Waals surface area (Å²) in [5, 5.41) is 5.43. The number of hydrogen-bond donors (Lipinski definition) is 1. The highest BCUT2D eigenvalue weighted by molar-refractivity contribution is 7.91. The van der Waals surface area contributed by atoms with Crippen LogP contribution in [0.3, 0.4) is 0 Å². The minimum atomic E-state index is -3.21. The van der Waals surface area contributed by atoms with E-state index in [1.54, 1.807) is 24.3 Å². The van der Waals surface area contributed by atoms with Crippen molar-refractivity contribution in [2.75, 3.05) is 19.3 Å². The average Bonchev–Trinajstić information content (AvgIpc) is 2.38. The first-order valence-electron chi connectivity index (χ1n) is 6.09. The van der Waals surface area contributed by atoms with Crippen molar-refractivity contribution in [1.29, 1.82) is 0 Å². The van der Waals surface area contributed by atoms with E-state index >= 15 is 0 Å². The van der Waals surface area contributed by atoms with Gasteiger partial charge in [0.15, 0.2) is 9.84 Å². The molecular weight excluding hydrogens is 282 g/mol. The van der Waals surface area contributed by atoms with Gasteiger partial charge in [0.1, 0.15) is 0 Å². The Balaban J connectivity index is 2.32. The fourth-order valence-electron chi connectivity index (χ4n) is 1.94. The molecule has 0 aromatic heterocycles. The summed E-state index contributed by atoms with van der Waals surface area (Å²) in [6.45, 7) is 0.697. The third-order valence-electron chi connectivity index (χ3n) is 2.97. The summed E-state index contributed by atoms with van der Waals surface area (Å²) in [7, 11) is -1.40. The molecule has 0 amide bonds. The highest BCUT2D eigenvalue weighted by atomic mass is 35.5. The van der Waals surface area contributed by atoms with E-state index in [1.165, 1.54) is 0 Å². The van der Waals surface area contributed by atoms with E-state index in [4.69, 9.17) is 11.6 Å². The second-order valence-electron chi connectivity index (χ2n) is 4.43. The predicted octanol–water partition coefficient (Wildman–Crippen LogP) is 2.88. The molecule has 2 aromatic carbocycles. The van der Waals surface area contributed by atoms with Gasteiger partial charge in [-0.15, -0.1) is 0 Å². The molecule has 5 heteroatoms. The minimum absolute atomic E-state index is 0.160. The Kier molecular flexibility index (Phi) is 4.45. The van der Waals surface area contributed by atoms with Crippen LogP contribution in [0.5, 0.6) is 0 Å². The van der Waals surface area contributed by atoms with Crippen molar-refractivity contribution in [2.24, 2.45) is 0 Å². The summed E-state index contributed by atoms with van der Waals surface area (Å²) >= 11 is 5.91. The van der Waals surface area contributed by atoms with Crippen molar-refractivity contribution in [1.82, 2.24) is 5.32 Å². The van der Waals surface area contributed by atoms with E-state index in [0.29, 0.717) is 22.9 Å². The molecule has 0 aliphatic carbocycles. The molecule has 0 atom stereocenters. The lowest BCUT2D eigenvalue weighted by Gasteiger charge is -2.06. The second-order valence-corrected chi connectivity index (χ2v) is 6.97. The zero-order valence-electron chi connectivity index (χ0n) is 10.7. The van der Waals surface area contributed by atoms with Crippen LogP contribution in [0.2, 0.25) is 5.02 Å². The summed E-state index contributed by atoms with van der Waals surface area (Å²) in [5.74, 6) is 0.160. The number of sulfone groups is 1. The van der Waals surface area contributed by atoms with Crippen molar-refractivity contribution in [3.8, 4) is 0 Å². The van der Waals surface area contributed by atoms with Gasteiger partial charge in [0.05, 0.1) is 10.6 Å². The van der Waals surface area contributed by atoms with Crippen molar-refractivity contribution in [3.63, 3.8) is 0 Å². The highest BCUT2D eigenvalue weighted by Crippen LogP contribution is 2.23. The van der Waals surface area contributed by atoms with Gasteiger partial charge in [0.25, 0.3) is 0 Å². The maximum Gasteiger partial charge on any atom is 0.178 e. The third kappa shape index (κ3) is 3.47. The Morgan fingerprint density at radius 2 is 1.79 bits per heavy atom. The quantitative estimate of drug-likeness (QED) is 0.863. The normalized spacial score (nSPS) is 11.9. The molecule has 0 unspecified atom stereocenters. The van der Waals surface area contributed by atoms with Crippen LogP contribution in [-0.2, 0) is 9.84 Å². The van der Waals surface area contributed by atoms with Crippen LogP contribution in [0.4, 0.5) is 0 Å². The van der Waals surface area contributed by atoms with E-state index in [-0.39, 0.29) is 5.75 Å². The molecule has 0 saturated carbocycles. The molecule has 0 aliphatic heterocycles. The molecular formula is C14H16ClNO2S. The van der Waals surface area contributed by atoms with Gasteiger partial charge < -0.3 is 5.32 Å². The van der Waals surface area contributed by atoms with Crippen LogP contribution in [0.25, 0.3) is 10.8 Å². The number of fused-ring (bicyclic) bond motifs is 1. The minimum Gasteiger partial charge on any atom is -0.320 e. The van der Waals surface area contributed by atoms with Gasteiger partial charge >= 0.3 is 0 Å². The van der Waals surface area contributed by atoms with Crippen LogP contribution >= 0.6 is 11.6 Å². The highest BCUT2D eigenvalue weighted by Gasteiger charge is 2.14. The largest absolute Gasteiger partial charge is 0.320 e. The van der Waals surface area contributed by atoms with E-state index in [0.717, 1.165) is 10.8 Å². The Bertz CT molecular complexity index is 683. The molecule has 102 valence electrons. The van der Waals surface area contributed by atoms with Crippen molar-refractivity contribution < 1.29 is 8.42 Å². The van der Waals surface area contributed by atoms with Gasteiger partial charge in [-0.3, -0.25) is 0 Å². The molecule has 0 saturated heterocycles. The Hall–Kier alpha value is -1.10. The van der Waals surface area contributed by atoms with Gasteiger partial charge in [-0.25, -0.2) is 8.42 Å². The molecule has 19 heavy (non-hydrogen) atoms. The fourth-order valence-corrected chi connectivity index (χ4v) is 3.47. The first-order chi connectivity index (χ1) is 9.03. The van der Waals surface area contributed by atoms with E-state index < -0.39 is 9.84 Å². The van der Waals surface area contributed by atoms with E-state index in [2.05, 4.69) is 5.32 Å². The van der Waals surface area contributed by atoms with Crippen molar-refractivity contribution >= 4 is 32.2 Å². The van der Waals surface area contributed by atoms with Crippen LogP contribution in [-0.4, -0.2) is 27.8 Å². The van der Waals surface area contributed by atoms with Gasteiger partial charge in [0, 0.05) is 5.02 Å². The molecule has 0 radical (unpaired) electrons. The van der Waals surface area contributed by atoms with Gasteiger partial charge in [-0.05, 0) is 55.1 Å². The van der Waals surface area contributed by atoms with E-state index in [9.17, 15) is 8.42 Å². The SMILES string of the molecule is CNCCCS(=O)(=O)c1ccc2cc(Cl)ccc2c1. The topological polar surface area (TPSA) is 46.2 Å². The molecule has 2 rings (SSSR count). The zero-order valence-corrected chi connectivity index (χ0v) is 12.3. The van der Waals surface area contributed by atoms with Crippen molar-refractivity contribution in [2.45, 2.75) is 11.3 Å². The van der Waals surface area contributed by atoms with Gasteiger partial charge in [0.2, 0.25) is 0 Å². The molecule has 0 aliphatic rings. The zero-order chi connectivity index (χ0) is 13.9. The van der Waals surface area contributed by atoms with Crippen molar-refractivity contribution in [3.05, 3.63) is 41.4 Å². The second kappa shape index (κ2) is 5.90. The van der Waals surface area contributed by atoms with Gasteiger partial charge in [-0.2, -0.15) is 0 Å². The van der Waals surface area contributed by atoms with Crippen LogP contribution in [0.1, 0.15) is 6.42 Å². The summed E-state index contributed by atoms with van der Waals surface area (Å²) in [6.07, 6.45) is 0.609. The molecule has 1 N–H and O–H groups in total. The smallest absolute Gasteiger partial charge is 0.178 e. The molecule has 0 spiro atoms. The lowest BCUT2D eigenvalue weighted by atomic mass is 10.1. The summed E-state index contributed by atoms with van der Waals surface area (Å²) < 4.78 is 24.3. The molecule has 0 fully saturated rings. The monoisotopic (exact) mass is 297 g/mol. The number of benzene rings is 2. The number of nitrogens with one attached hydrogen (secondary N) is 1. The Labute approximate surface area is 118 Å². The molecule has 0 bridgehead atoms. The summed E-state index contributed by atoms with van der Waals surface area (Å²) in [4.78, 5) is 0.374. The standard InChI is InChI=1S/C14H16ClNO2S/c1-16-7-2-8-19(17,18)14-6-4-11-9-13(15)5-3-12(11)10-14/h3-6,9-10,16H,2,7-8H2,1H3. The molecule has 0 heterocycles. The number of rotatable bonds is 5. The first kappa shape index (κ1) is 14.3. The van der Waals surface area contributed by atoms with Crippen LogP contribution in [0, 0.1) is 0 Å². The number of halogens is 1. The Morgan fingerprint density at radius 1 is 1.11 bits per heavy atom. The number of hydrogen-bond acceptors (Lipinski definition) is 3. The lowest BCUT2D eigenvalue weighted by Crippen LogP contribution is -2.14. The molecule has 3 nitrogen and oxygen atoms in total. The molecule has 2 aromatic rings. The Morgan fingerprint density at radius 3 is 2.53 bits per heavy atom. The maximum atomic E-state index is 12.2. The maximum absolute atomic E-state index is 12.2. The van der Waals surface area contributed by atoms with Crippen LogP contribution < -0.4 is 5.32 Å². The van der Waals surface area contributed by atoms with Crippen LogP contribution in [0.15, 0.2) is 41.3 Å². The van der Waals surface area contributed by atoms with E-state index in [1.807, 2.05) is 19.2 Å². The summed E-state index contributed by atoms with van der Waals surface area (Å²) in [5.41, 5.74) is 0. The third-order valence-corrected chi connectivity index (χ3v) is 5.01. The fraction of sp³-hybridized carbons (Fsp3) is 0.286. The van der Waals surface area contributed by atoms with Gasteiger partial charge in [-0.1, -0.05) is 23.7 Å². The average molecular weight is 298 g/mol.